The second kappa shape index (κ2) is 8.33. The van der Waals surface area contributed by atoms with Crippen molar-refractivity contribution < 1.29 is 9.53 Å². The predicted octanol–water partition coefficient (Wildman–Crippen LogP) is 3.28. The average molecular weight is 377 g/mol. The minimum Gasteiger partial charge on any atom is -0.375 e. The Labute approximate surface area is 159 Å². The van der Waals surface area contributed by atoms with E-state index in [1.54, 1.807) is 25.5 Å². The first-order chi connectivity index (χ1) is 12.5. The molecule has 1 N–H and O–H groups in total. The highest BCUT2D eigenvalue weighted by Crippen LogP contribution is 2.33. The molecule has 0 unspecified atom stereocenters. The summed E-state index contributed by atoms with van der Waals surface area (Å²) in [7, 11) is 5.36. The molecule has 0 saturated carbocycles. The Morgan fingerprint density at radius 1 is 1.46 bits per heavy atom. The van der Waals surface area contributed by atoms with Crippen LogP contribution >= 0.6 is 11.3 Å². The first kappa shape index (κ1) is 19.1. The van der Waals surface area contributed by atoms with Crippen LogP contribution in [0.15, 0.2) is 17.5 Å². The fourth-order valence-electron chi connectivity index (χ4n) is 3.62. The third-order valence-corrected chi connectivity index (χ3v) is 6.27. The van der Waals surface area contributed by atoms with Gasteiger partial charge >= 0.3 is 0 Å². The van der Waals surface area contributed by atoms with Crippen molar-refractivity contribution in [3.8, 4) is 0 Å². The number of aromatic nitrogens is 2. The van der Waals surface area contributed by atoms with E-state index in [2.05, 4.69) is 21.7 Å². The number of carbonyl (C=O) groups excluding carboxylic acids is 1. The van der Waals surface area contributed by atoms with Crippen LogP contribution in [0.25, 0.3) is 0 Å². The molecule has 0 aromatic carbocycles. The van der Waals surface area contributed by atoms with E-state index in [-0.39, 0.29) is 12.0 Å². The average Bonchev–Trinajstić information content (AvgIpc) is 3.28. The number of piperidine rings is 1. The van der Waals surface area contributed by atoms with Crippen molar-refractivity contribution in [3.05, 3.63) is 39.6 Å². The molecule has 1 aliphatic rings. The van der Waals surface area contributed by atoms with Crippen LogP contribution in [0.1, 0.15) is 65.2 Å². The van der Waals surface area contributed by atoms with Crippen LogP contribution in [0, 0.1) is 0 Å². The fraction of sp³-hybridized carbons (Fsp3) is 0.579. The summed E-state index contributed by atoms with van der Waals surface area (Å²) in [6, 6.07) is 4.33. The van der Waals surface area contributed by atoms with Crippen molar-refractivity contribution >= 4 is 17.2 Å². The summed E-state index contributed by atoms with van der Waals surface area (Å²) in [5, 5.41) is 5.88. The lowest BCUT2D eigenvalue weighted by molar-refractivity contribution is 0.0952. The summed E-state index contributed by atoms with van der Waals surface area (Å²) >= 11 is 1.66. The third-order valence-electron chi connectivity index (χ3n) is 5.21. The summed E-state index contributed by atoms with van der Waals surface area (Å²) < 4.78 is 7.40. The number of methoxy groups -OCH3 is 1. The van der Waals surface area contributed by atoms with Crippen LogP contribution in [0.3, 0.4) is 0 Å². The summed E-state index contributed by atoms with van der Waals surface area (Å²) in [6.45, 7) is 3.91. The van der Waals surface area contributed by atoms with Gasteiger partial charge in [-0.1, -0.05) is 6.42 Å². The van der Waals surface area contributed by atoms with Gasteiger partial charge in [-0.05, 0) is 38.4 Å². The number of hydrogen-bond acceptors (Lipinski definition) is 5. The van der Waals surface area contributed by atoms with Gasteiger partial charge in [0.1, 0.15) is 16.8 Å². The van der Waals surface area contributed by atoms with E-state index in [9.17, 15) is 4.79 Å². The summed E-state index contributed by atoms with van der Waals surface area (Å²) in [4.78, 5) is 19.3. The molecule has 0 spiro atoms. The topological polar surface area (TPSA) is 59.4 Å². The maximum absolute atomic E-state index is 12.0. The molecule has 3 rings (SSSR count). The van der Waals surface area contributed by atoms with Gasteiger partial charge in [-0.15, -0.1) is 11.3 Å². The molecule has 26 heavy (non-hydrogen) atoms. The molecule has 0 bridgehead atoms. The third kappa shape index (κ3) is 3.84. The number of ether oxygens (including phenoxy) is 1. The molecule has 0 radical (unpaired) electrons. The van der Waals surface area contributed by atoms with Crippen molar-refractivity contribution in [1.82, 2.24) is 19.8 Å². The van der Waals surface area contributed by atoms with Gasteiger partial charge in [0.2, 0.25) is 0 Å². The number of amides is 1. The highest BCUT2D eigenvalue weighted by atomic mass is 32.1. The van der Waals surface area contributed by atoms with E-state index < -0.39 is 0 Å². The summed E-state index contributed by atoms with van der Waals surface area (Å²) in [5.74, 6) is -0.0428. The quantitative estimate of drug-likeness (QED) is 0.841. The molecule has 6 nitrogen and oxygen atoms in total. The standard InChI is InChI=1S/C19H28N4O2S/c1-13(25-4)19-21-14(12-26-19)11-23-10-6-5-7-16(23)15-8-9-17(22(15)3)18(24)20-2/h8-9,12-13,16H,5-7,10-11H2,1-4H3,(H,20,24)/t13-,16+/m1/s1. The Balaban J connectivity index is 1.79. The van der Waals surface area contributed by atoms with Crippen molar-refractivity contribution in [3.63, 3.8) is 0 Å². The van der Waals surface area contributed by atoms with Crippen LogP contribution in [0.4, 0.5) is 0 Å². The normalized spacial score (nSPS) is 19.5. The Kier molecular flexibility index (Phi) is 6.11. The van der Waals surface area contributed by atoms with Gasteiger partial charge < -0.3 is 14.6 Å². The largest absolute Gasteiger partial charge is 0.375 e. The smallest absolute Gasteiger partial charge is 0.267 e. The van der Waals surface area contributed by atoms with Crippen molar-refractivity contribution in [2.45, 2.75) is 44.9 Å². The molecule has 2 atom stereocenters. The number of thiazole rings is 1. The van der Waals surface area contributed by atoms with Crippen LogP contribution in [-0.2, 0) is 18.3 Å². The van der Waals surface area contributed by atoms with Gasteiger partial charge in [0.05, 0.1) is 11.7 Å². The Morgan fingerprint density at radius 2 is 2.27 bits per heavy atom. The molecule has 1 saturated heterocycles. The van der Waals surface area contributed by atoms with E-state index in [4.69, 9.17) is 9.72 Å². The summed E-state index contributed by atoms with van der Waals surface area (Å²) in [5.41, 5.74) is 3.00. The van der Waals surface area contributed by atoms with Crippen molar-refractivity contribution in [2.75, 3.05) is 20.7 Å². The van der Waals surface area contributed by atoms with Crippen molar-refractivity contribution in [2.24, 2.45) is 7.05 Å². The van der Waals surface area contributed by atoms with Gasteiger partial charge in [0, 0.05) is 38.8 Å². The Bertz CT molecular complexity index is 755. The molecular formula is C19H28N4O2S. The van der Waals surface area contributed by atoms with Crippen LogP contribution < -0.4 is 5.32 Å². The van der Waals surface area contributed by atoms with Gasteiger partial charge in [0.15, 0.2) is 0 Å². The Morgan fingerprint density at radius 3 is 3.00 bits per heavy atom. The zero-order valence-electron chi connectivity index (χ0n) is 16.0. The molecule has 2 aromatic heterocycles. The molecular weight excluding hydrogens is 348 g/mol. The first-order valence-corrected chi connectivity index (χ1v) is 10.0. The number of carbonyl (C=O) groups is 1. The lowest BCUT2D eigenvalue weighted by atomic mass is 9.99. The van der Waals surface area contributed by atoms with E-state index >= 15 is 0 Å². The molecule has 1 amide bonds. The highest BCUT2D eigenvalue weighted by Gasteiger charge is 2.28. The molecule has 7 heteroatoms. The second-order valence-electron chi connectivity index (χ2n) is 6.82. The van der Waals surface area contributed by atoms with Gasteiger partial charge in [-0.3, -0.25) is 9.69 Å². The lowest BCUT2D eigenvalue weighted by Crippen LogP contribution is -2.34. The van der Waals surface area contributed by atoms with E-state index in [1.165, 1.54) is 18.5 Å². The molecule has 1 aliphatic heterocycles. The van der Waals surface area contributed by atoms with E-state index in [0.717, 1.165) is 30.2 Å². The molecule has 0 aliphatic carbocycles. The highest BCUT2D eigenvalue weighted by molar-refractivity contribution is 7.09. The number of nitrogens with zero attached hydrogens (tertiary/aromatic N) is 3. The molecule has 3 heterocycles. The molecule has 2 aromatic rings. The predicted molar refractivity (Wildman–Crippen MR) is 103 cm³/mol. The Hall–Kier alpha value is -1.70. The minimum absolute atomic E-state index is 0.0360. The number of nitrogens with one attached hydrogen (secondary N) is 1. The zero-order chi connectivity index (χ0) is 18.7. The number of hydrogen-bond donors (Lipinski definition) is 1. The SMILES string of the molecule is CNC(=O)c1ccc([C@@H]2CCCCN2Cc2csc([C@@H](C)OC)n2)n1C. The van der Waals surface area contributed by atoms with Gasteiger partial charge in [-0.25, -0.2) is 4.98 Å². The van der Waals surface area contributed by atoms with E-state index in [0.29, 0.717) is 11.7 Å². The van der Waals surface area contributed by atoms with Crippen LogP contribution in [-0.4, -0.2) is 41.1 Å². The number of likely N-dealkylation sites (tertiary alicyclic amines) is 1. The lowest BCUT2D eigenvalue weighted by Gasteiger charge is -2.35. The number of rotatable bonds is 6. The monoisotopic (exact) mass is 376 g/mol. The van der Waals surface area contributed by atoms with Crippen LogP contribution in [0.5, 0.6) is 0 Å². The first-order valence-electron chi connectivity index (χ1n) is 9.14. The maximum atomic E-state index is 12.0. The second-order valence-corrected chi connectivity index (χ2v) is 7.71. The molecule has 142 valence electrons. The van der Waals surface area contributed by atoms with E-state index in [1.807, 2.05) is 24.6 Å². The summed E-state index contributed by atoms with van der Waals surface area (Å²) in [6.07, 6.45) is 3.56. The zero-order valence-corrected chi connectivity index (χ0v) is 16.8. The molecule has 1 fully saturated rings. The fourth-order valence-corrected chi connectivity index (χ4v) is 4.47. The minimum atomic E-state index is -0.0428. The van der Waals surface area contributed by atoms with Gasteiger partial charge in [0.25, 0.3) is 5.91 Å². The van der Waals surface area contributed by atoms with Crippen molar-refractivity contribution in [1.29, 1.82) is 0 Å². The maximum Gasteiger partial charge on any atom is 0.267 e. The van der Waals surface area contributed by atoms with Crippen LogP contribution in [0.2, 0.25) is 0 Å². The van der Waals surface area contributed by atoms with Gasteiger partial charge in [-0.2, -0.15) is 0 Å².